The van der Waals surface area contributed by atoms with Gasteiger partial charge in [0.05, 0.1) is 21.9 Å². The number of alkyl carbamates (subject to hydrolysis) is 1. The number of halogens is 2. The van der Waals surface area contributed by atoms with E-state index in [4.69, 9.17) is 16.3 Å². The van der Waals surface area contributed by atoms with Gasteiger partial charge in [0.1, 0.15) is 12.4 Å². The fraction of sp³-hybridized carbons (Fsp3) is 0.200. The average molecular weight is 439 g/mol. The van der Waals surface area contributed by atoms with Crippen molar-refractivity contribution in [2.24, 2.45) is 0 Å². The summed E-state index contributed by atoms with van der Waals surface area (Å²) in [4.78, 5) is 17.1. The highest BCUT2D eigenvalue weighted by molar-refractivity contribution is 6.31. The van der Waals surface area contributed by atoms with Crippen LogP contribution in [0, 0.1) is 5.82 Å². The molecule has 6 heteroatoms. The van der Waals surface area contributed by atoms with Crippen molar-refractivity contribution in [3.63, 3.8) is 0 Å². The van der Waals surface area contributed by atoms with Crippen molar-refractivity contribution < 1.29 is 13.9 Å². The van der Waals surface area contributed by atoms with Crippen molar-refractivity contribution >= 4 is 23.3 Å². The maximum absolute atomic E-state index is 13.6. The molecule has 3 aromatic rings. The molecule has 0 unspecified atom stereocenters. The number of nitrogens with zero attached hydrogens (tertiary/aromatic N) is 1. The molecular weight excluding hydrogens is 415 g/mol. The molecule has 0 aliphatic heterocycles. The summed E-state index contributed by atoms with van der Waals surface area (Å²) in [6, 6.07) is 17.6. The number of amides is 1. The fourth-order valence-electron chi connectivity index (χ4n) is 3.00. The monoisotopic (exact) mass is 438 g/mol. The summed E-state index contributed by atoms with van der Waals surface area (Å²) in [5, 5.41) is 2.92. The highest BCUT2D eigenvalue weighted by Crippen LogP contribution is 2.30. The molecule has 2 aromatic carbocycles. The Bertz CT molecular complexity index is 1110. The van der Waals surface area contributed by atoms with Gasteiger partial charge < -0.3 is 10.1 Å². The van der Waals surface area contributed by atoms with E-state index in [1.165, 1.54) is 12.1 Å². The minimum absolute atomic E-state index is 0.0171. The van der Waals surface area contributed by atoms with E-state index in [0.29, 0.717) is 17.0 Å². The number of carbonyl (C=O) groups excluding carboxylic acids is 1. The van der Waals surface area contributed by atoms with Crippen LogP contribution in [0.2, 0.25) is 5.02 Å². The number of ether oxygens (including phenoxy) is 1. The summed E-state index contributed by atoms with van der Waals surface area (Å²) in [5.41, 5.74) is 3.63. The molecule has 4 nitrogen and oxygen atoms in total. The van der Waals surface area contributed by atoms with Gasteiger partial charge in [0.25, 0.3) is 0 Å². The van der Waals surface area contributed by atoms with Crippen LogP contribution in [0.15, 0.2) is 67.2 Å². The molecule has 0 aliphatic rings. The SMILES string of the molecule is C=C(C)c1cc(C(C)(C)NC(=O)OCc2ccccc2)cc(-c2ccc(F)c(Cl)c2)n1. The molecule has 1 aromatic heterocycles. The Morgan fingerprint density at radius 3 is 2.52 bits per heavy atom. The lowest BCUT2D eigenvalue weighted by atomic mass is 9.92. The summed E-state index contributed by atoms with van der Waals surface area (Å²) in [5.74, 6) is -0.496. The van der Waals surface area contributed by atoms with Gasteiger partial charge in [0.2, 0.25) is 0 Å². The second-order valence-electron chi connectivity index (χ2n) is 7.85. The quantitative estimate of drug-likeness (QED) is 0.463. The third-order valence-electron chi connectivity index (χ3n) is 4.83. The van der Waals surface area contributed by atoms with Gasteiger partial charge >= 0.3 is 6.09 Å². The first-order chi connectivity index (χ1) is 14.7. The number of pyridine rings is 1. The van der Waals surface area contributed by atoms with Crippen LogP contribution in [0.4, 0.5) is 9.18 Å². The van der Waals surface area contributed by atoms with Gasteiger partial charge in [-0.2, -0.15) is 0 Å². The molecule has 0 aliphatic carbocycles. The Hall–Kier alpha value is -3.18. The standard InChI is InChI=1S/C25H24ClFN2O2/c1-16(2)22-13-19(14-23(28-22)18-10-11-21(27)20(26)12-18)25(3,4)29-24(30)31-15-17-8-6-5-7-9-17/h5-14H,1,15H2,2-4H3,(H,29,30). The fourth-order valence-corrected chi connectivity index (χ4v) is 3.18. The number of rotatable bonds is 6. The number of hydrogen-bond donors (Lipinski definition) is 1. The van der Waals surface area contributed by atoms with Gasteiger partial charge in [-0.05, 0) is 67.8 Å². The van der Waals surface area contributed by atoms with E-state index in [2.05, 4.69) is 16.9 Å². The highest BCUT2D eigenvalue weighted by Gasteiger charge is 2.25. The lowest BCUT2D eigenvalue weighted by molar-refractivity contribution is 0.129. The van der Waals surface area contributed by atoms with E-state index in [9.17, 15) is 9.18 Å². The zero-order chi connectivity index (χ0) is 22.6. The smallest absolute Gasteiger partial charge is 0.408 e. The van der Waals surface area contributed by atoms with Crippen LogP contribution in [-0.2, 0) is 16.9 Å². The minimum atomic E-state index is -0.764. The molecule has 160 valence electrons. The molecule has 0 spiro atoms. The van der Waals surface area contributed by atoms with Crippen molar-refractivity contribution in [1.82, 2.24) is 10.3 Å². The van der Waals surface area contributed by atoms with Crippen LogP contribution in [0.1, 0.15) is 37.6 Å². The lowest BCUT2D eigenvalue weighted by Crippen LogP contribution is -2.41. The van der Waals surface area contributed by atoms with Crippen molar-refractivity contribution in [3.05, 3.63) is 94.9 Å². The Kier molecular flexibility index (Phi) is 6.76. The normalized spacial score (nSPS) is 11.1. The summed E-state index contributed by atoms with van der Waals surface area (Å²) < 4.78 is 19.0. The Morgan fingerprint density at radius 2 is 1.87 bits per heavy atom. The first-order valence-corrected chi connectivity index (χ1v) is 10.2. The van der Waals surface area contributed by atoms with Gasteiger partial charge in [-0.15, -0.1) is 0 Å². The molecule has 31 heavy (non-hydrogen) atoms. The zero-order valence-electron chi connectivity index (χ0n) is 17.7. The van der Waals surface area contributed by atoms with Crippen LogP contribution in [0.3, 0.4) is 0 Å². The second kappa shape index (κ2) is 9.31. The Morgan fingerprint density at radius 1 is 1.16 bits per heavy atom. The summed E-state index contributed by atoms with van der Waals surface area (Å²) in [6.07, 6.45) is -0.533. The molecule has 1 N–H and O–H groups in total. The molecule has 0 radical (unpaired) electrons. The van der Waals surface area contributed by atoms with E-state index in [1.807, 2.05) is 63.2 Å². The topological polar surface area (TPSA) is 51.2 Å². The molecule has 0 saturated carbocycles. The van der Waals surface area contributed by atoms with E-state index in [1.54, 1.807) is 6.07 Å². The largest absolute Gasteiger partial charge is 0.445 e. The van der Waals surface area contributed by atoms with Gasteiger partial charge in [-0.25, -0.2) is 14.2 Å². The number of nitrogens with one attached hydrogen (secondary N) is 1. The van der Waals surface area contributed by atoms with Crippen LogP contribution in [0.25, 0.3) is 16.8 Å². The van der Waals surface area contributed by atoms with E-state index in [0.717, 1.165) is 16.7 Å². The molecule has 1 amide bonds. The van der Waals surface area contributed by atoms with Crippen molar-refractivity contribution in [2.45, 2.75) is 32.9 Å². The number of allylic oxidation sites excluding steroid dienone is 1. The van der Waals surface area contributed by atoms with Gasteiger partial charge in [0, 0.05) is 5.56 Å². The molecular formula is C25H24ClFN2O2. The number of carbonyl (C=O) groups is 1. The first-order valence-electron chi connectivity index (χ1n) is 9.78. The maximum atomic E-state index is 13.6. The predicted molar refractivity (Wildman–Crippen MR) is 122 cm³/mol. The second-order valence-corrected chi connectivity index (χ2v) is 8.25. The van der Waals surface area contributed by atoms with Crippen molar-refractivity contribution in [1.29, 1.82) is 0 Å². The molecule has 0 bridgehead atoms. The van der Waals surface area contributed by atoms with Crippen LogP contribution in [-0.4, -0.2) is 11.1 Å². The van der Waals surface area contributed by atoms with E-state index >= 15 is 0 Å². The predicted octanol–water partition coefficient (Wildman–Crippen LogP) is 6.74. The molecule has 3 rings (SSSR count). The number of hydrogen-bond acceptors (Lipinski definition) is 3. The average Bonchev–Trinajstić information content (AvgIpc) is 2.74. The molecule has 0 fully saturated rings. The third-order valence-corrected chi connectivity index (χ3v) is 5.12. The van der Waals surface area contributed by atoms with Gasteiger partial charge in [-0.3, -0.25) is 0 Å². The Labute approximate surface area is 186 Å². The van der Waals surface area contributed by atoms with Crippen molar-refractivity contribution in [2.75, 3.05) is 0 Å². The van der Waals surface area contributed by atoms with E-state index in [-0.39, 0.29) is 11.6 Å². The van der Waals surface area contributed by atoms with Crippen LogP contribution < -0.4 is 5.32 Å². The third kappa shape index (κ3) is 5.70. The highest BCUT2D eigenvalue weighted by atomic mass is 35.5. The molecule has 0 atom stereocenters. The van der Waals surface area contributed by atoms with Gasteiger partial charge in [0.15, 0.2) is 0 Å². The van der Waals surface area contributed by atoms with Gasteiger partial charge in [-0.1, -0.05) is 48.5 Å². The summed E-state index contributed by atoms with van der Waals surface area (Å²) in [6.45, 7) is 9.75. The van der Waals surface area contributed by atoms with E-state index < -0.39 is 17.4 Å². The van der Waals surface area contributed by atoms with Crippen molar-refractivity contribution in [3.8, 4) is 11.3 Å². The number of aromatic nitrogens is 1. The van der Waals surface area contributed by atoms with Crippen LogP contribution >= 0.6 is 11.6 Å². The van der Waals surface area contributed by atoms with Crippen LogP contribution in [0.5, 0.6) is 0 Å². The molecule has 0 saturated heterocycles. The number of benzene rings is 2. The maximum Gasteiger partial charge on any atom is 0.408 e. The lowest BCUT2D eigenvalue weighted by Gasteiger charge is -2.27. The molecule has 1 heterocycles. The Balaban J connectivity index is 1.86. The summed E-state index contributed by atoms with van der Waals surface area (Å²) in [7, 11) is 0. The minimum Gasteiger partial charge on any atom is -0.445 e. The summed E-state index contributed by atoms with van der Waals surface area (Å²) >= 11 is 5.96. The first kappa shape index (κ1) is 22.5. The zero-order valence-corrected chi connectivity index (χ0v) is 18.5.